The number of rotatable bonds is 6. The molecule has 0 radical (unpaired) electrons. The fourth-order valence-electron chi connectivity index (χ4n) is 1.53. The van der Waals surface area contributed by atoms with Gasteiger partial charge in [-0.15, -0.1) is 0 Å². The first kappa shape index (κ1) is 15.4. The molecule has 0 saturated carbocycles. The monoisotopic (exact) mass is 283 g/mol. The summed E-state index contributed by atoms with van der Waals surface area (Å²) in [5.41, 5.74) is 0.0186. The van der Waals surface area contributed by atoms with Gasteiger partial charge in [-0.05, 0) is 26.0 Å². The van der Waals surface area contributed by atoms with Gasteiger partial charge in [0, 0.05) is 18.2 Å². The van der Waals surface area contributed by atoms with E-state index >= 15 is 0 Å². The van der Waals surface area contributed by atoms with Crippen LogP contribution >= 0.6 is 0 Å². The van der Waals surface area contributed by atoms with Crippen molar-refractivity contribution in [1.82, 2.24) is 5.32 Å². The van der Waals surface area contributed by atoms with Crippen molar-refractivity contribution in [2.24, 2.45) is 0 Å². The number of amides is 1. The molecule has 1 amide bonds. The van der Waals surface area contributed by atoms with Gasteiger partial charge in [-0.25, -0.2) is 4.79 Å². The second kappa shape index (κ2) is 7.04. The van der Waals surface area contributed by atoms with Crippen molar-refractivity contribution < 1.29 is 18.9 Å². The second-order valence-electron chi connectivity index (χ2n) is 4.32. The lowest BCUT2D eigenvalue weighted by Gasteiger charge is -2.09. The number of hydrogen-bond donors (Lipinski definition) is 2. The lowest BCUT2D eigenvalue weighted by molar-refractivity contribution is -0.121. The van der Waals surface area contributed by atoms with Gasteiger partial charge in [0.1, 0.15) is 0 Å². The SMILES string of the molecule is CC(C)NC(=O)CCS(=O)c1ccccc1C(=O)O. The molecule has 1 rings (SSSR count). The number of carbonyl (C=O) groups is 2. The fraction of sp³-hybridized carbons (Fsp3) is 0.385. The molecule has 0 aliphatic carbocycles. The Labute approximate surface area is 114 Å². The summed E-state index contributed by atoms with van der Waals surface area (Å²) in [6.07, 6.45) is 0.110. The Morgan fingerprint density at radius 1 is 1.32 bits per heavy atom. The summed E-state index contributed by atoms with van der Waals surface area (Å²) in [6, 6.07) is 6.17. The first-order valence-electron chi connectivity index (χ1n) is 5.92. The van der Waals surface area contributed by atoms with E-state index in [-0.39, 0.29) is 34.6 Å². The predicted molar refractivity (Wildman–Crippen MR) is 72.6 cm³/mol. The van der Waals surface area contributed by atoms with Crippen LogP contribution in [0.25, 0.3) is 0 Å². The van der Waals surface area contributed by atoms with Crippen LogP contribution < -0.4 is 5.32 Å². The zero-order valence-electron chi connectivity index (χ0n) is 10.9. The van der Waals surface area contributed by atoms with Crippen LogP contribution in [-0.2, 0) is 15.6 Å². The normalized spacial score (nSPS) is 12.2. The molecule has 0 aliphatic rings. The minimum atomic E-state index is -1.49. The van der Waals surface area contributed by atoms with Gasteiger partial charge >= 0.3 is 5.97 Å². The summed E-state index contributed by atoms with van der Waals surface area (Å²) in [4.78, 5) is 22.7. The van der Waals surface area contributed by atoms with Crippen LogP contribution in [-0.4, -0.2) is 33.0 Å². The molecule has 0 saturated heterocycles. The van der Waals surface area contributed by atoms with E-state index in [2.05, 4.69) is 5.32 Å². The number of carbonyl (C=O) groups excluding carboxylic acids is 1. The van der Waals surface area contributed by atoms with Crippen LogP contribution in [0.1, 0.15) is 30.6 Å². The first-order valence-corrected chi connectivity index (χ1v) is 7.23. The van der Waals surface area contributed by atoms with Crippen molar-refractivity contribution >= 4 is 22.7 Å². The van der Waals surface area contributed by atoms with E-state index in [9.17, 15) is 13.8 Å². The maximum atomic E-state index is 12.0. The molecule has 1 aromatic carbocycles. The third-order valence-corrected chi connectivity index (χ3v) is 3.75. The Balaban J connectivity index is 2.69. The van der Waals surface area contributed by atoms with E-state index in [0.29, 0.717) is 0 Å². The molecule has 19 heavy (non-hydrogen) atoms. The number of carboxylic acid groups (broad SMARTS) is 1. The molecular formula is C13H17NO4S. The molecule has 0 aliphatic heterocycles. The number of benzene rings is 1. The van der Waals surface area contributed by atoms with Crippen LogP contribution in [0.2, 0.25) is 0 Å². The molecule has 1 unspecified atom stereocenters. The van der Waals surface area contributed by atoms with Gasteiger partial charge in [0.15, 0.2) is 0 Å². The van der Waals surface area contributed by atoms with Crippen LogP contribution in [0.3, 0.4) is 0 Å². The summed E-state index contributed by atoms with van der Waals surface area (Å²) in [5.74, 6) is -1.19. The highest BCUT2D eigenvalue weighted by Crippen LogP contribution is 2.14. The zero-order valence-corrected chi connectivity index (χ0v) is 11.7. The Hall–Kier alpha value is -1.69. The highest BCUT2D eigenvalue weighted by molar-refractivity contribution is 7.85. The molecule has 0 heterocycles. The first-order chi connectivity index (χ1) is 8.91. The lowest BCUT2D eigenvalue weighted by Crippen LogP contribution is -2.30. The smallest absolute Gasteiger partial charge is 0.336 e. The van der Waals surface area contributed by atoms with E-state index in [1.807, 2.05) is 13.8 Å². The Morgan fingerprint density at radius 2 is 1.95 bits per heavy atom. The maximum Gasteiger partial charge on any atom is 0.336 e. The van der Waals surface area contributed by atoms with Crippen molar-refractivity contribution in [3.8, 4) is 0 Å². The number of aromatic carboxylic acids is 1. The molecular weight excluding hydrogens is 266 g/mol. The van der Waals surface area contributed by atoms with Crippen molar-refractivity contribution in [3.63, 3.8) is 0 Å². The van der Waals surface area contributed by atoms with Crippen molar-refractivity contribution in [2.45, 2.75) is 31.2 Å². The Kier molecular flexibility index (Phi) is 5.69. The molecule has 1 aromatic rings. The average Bonchev–Trinajstić information content (AvgIpc) is 2.35. The average molecular weight is 283 g/mol. The van der Waals surface area contributed by atoms with Gasteiger partial charge < -0.3 is 10.4 Å². The predicted octanol–water partition coefficient (Wildman–Crippen LogP) is 1.41. The standard InChI is InChI=1S/C13H17NO4S/c1-9(2)14-12(15)7-8-19(18)11-6-4-3-5-10(11)13(16)17/h3-6,9H,7-8H2,1-2H3,(H,14,15)(H,16,17). The lowest BCUT2D eigenvalue weighted by atomic mass is 10.2. The Bertz CT molecular complexity index is 499. The van der Waals surface area contributed by atoms with Crippen LogP contribution in [0.15, 0.2) is 29.2 Å². The van der Waals surface area contributed by atoms with E-state index in [4.69, 9.17) is 5.11 Å². The molecule has 0 bridgehead atoms. The van der Waals surface area contributed by atoms with Gasteiger partial charge in [-0.1, -0.05) is 12.1 Å². The van der Waals surface area contributed by atoms with Gasteiger partial charge in [0.25, 0.3) is 0 Å². The van der Waals surface area contributed by atoms with Crippen molar-refractivity contribution in [2.75, 3.05) is 5.75 Å². The van der Waals surface area contributed by atoms with E-state index in [1.165, 1.54) is 12.1 Å². The maximum absolute atomic E-state index is 12.0. The van der Waals surface area contributed by atoms with Crippen LogP contribution in [0.5, 0.6) is 0 Å². The van der Waals surface area contributed by atoms with Crippen LogP contribution in [0.4, 0.5) is 0 Å². The molecule has 0 fully saturated rings. The molecule has 0 spiro atoms. The minimum Gasteiger partial charge on any atom is -0.478 e. The summed E-state index contributed by atoms with van der Waals surface area (Å²) in [7, 11) is -1.49. The Morgan fingerprint density at radius 3 is 2.53 bits per heavy atom. The van der Waals surface area contributed by atoms with Gasteiger partial charge in [0.05, 0.1) is 21.3 Å². The highest BCUT2D eigenvalue weighted by atomic mass is 32.2. The topological polar surface area (TPSA) is 83.5 Å². The fourth-order valence-corrected chi connectivity index (χ4v) is 2.75. The molecule has 104 valence electrons. The molecule has 1 atom stereocenters. The van der Waals surface area contributed by atoms with Gasteiger partial charge in [-0.3, -0.25) is 9.00 Å². The highest BCUT2D eigenvalue weighted by Gasteiger charge is 2.15. The number of carboxylic acids is 1. The summed E-state index contributed by atoms with van der Waals surface area (Å²) < 4.78 is 12.0. The van der Waals surface area contributed by atoms with Crippen LogP contribution in [0, 0.1) is 0 Å². The van der Waals surface area contributed by atoms with E-state index < -0.39 is 16.8 Å². The largest absolute Gasteiger partial charge is 0.478 e. The van der Waals surface area contributed by atoms with Gasteiger partial charge in [-0.2, -0.15) is 0 Å². The second-order valence-corrected chi connectivity index (χ2v) is 5.86. The van der Waals surface area contributed by atoms with Gasteiger partial charge in [0.2, 0.25) is 5.91 Å². The quantitative estimate of drug-likeness (QED) is 0.826. The molecule has 5 nitrogen and oxygen atoms in total. The van der Waals surface area contributed by atoms with Crippen molar-refractivity contribution in [1.29, 1.82) is 0 Å². The number of hydrogen-bond acceptors (Lipinski definition) is 3. The molecule has 6 heteroatoms. The van der Waals surface area contributed by atoms with E-state index in [0.717, 1.165) is 0 Å². The third-order valence-electron chi connectivity index (χ3n) is 2.33. The van der Waals surface area contributed by atoms with E-state index in [1.54, 1.807) is 12.1 Å². The molecule has 0 aromatic heterocycles. The summed E-state index contributed by atoms with van der Waals surface area (Å²) in [6.45, 7) is 3.68. The third kappa shape index (κ3) is 4.82. The zero-order chi connectivity index (χ0) is 14.4. The van der Waals surface area contributed by atoms with Crippen molar-refractivity contribution in [3.05, 3.63) is 29.8 Å². The number of nitrogens with one attached hydrogen (secondary N) is 1. The molecule has 2 N–H and O–H groups in total. The summed E-state index contributed by atoms with van der Waals surface area (Å²) >= 11 is 0. The minimum absolute atomic E-state index is 0.0186. The summed E-state index contributed by atoms with van der Waals surface area (Å²) in [5, 5.41) is 11.7.